The lowest BCUT2D eigenvalue weighted by molar-refractivity contribution is -0.130. The quantitative estimate of drug-likeness (QED) is 0.929. The molecule has 1 aliphatic rings. The van der Waals surface area contributed by atoms with Crippen LogP contribution in [0.4, 0.5) is 0 Å². The number of amides is 1. The first-order chi connectivity index (χ1) is 10.1. The maximum Gasteiger partial charge on any atom is 0.335 e. The van der Waals surface area contributed by atoms with Crippen molar-refractivity contribution in [2.45, 2.75) is 25.8 Å². The van der Waals surface area contributed by atoms with E-state index in [1.54, 1.807) is 24.5 Å². The monoisotopic (exact) mass is 287 g/mol. The highest BCUT2D eigenvalue weighted by Gasteiger charge is 2.17. The van der Waals surface area contributed by atoms with Gasteiger partial charge in [-0.25, -0.2) is 9.78 Å². The average molecular weight is 287 g/mol. The minimum atomic E-state index is -0.962. The fraction of sp³-hybridized carbons (Fsp3) is 0.400. The van der Waals surface area contributed by atoms with E-state index in [1.807, 2.05) is 9.47 Å². The Balaban J connectivity index is 1.72. The fourth-order valence-corrected chi connectivity index (χ4v) is 2.72. The molecule has 0 radical (unpaired) electrons. The fourth-order valence-electron chi connectivity index (χ4n) is 2.72. The molecule has 0 atom stereocenters. The van der Waals surface area contributed by atoms with Crippen molar-refractivity contribution in [1.82, 2.24) is 14.5 Å². The Morgan fingerprint density at radius 3 is 2.71 bits per heavy atom. The van der Waals surface area contributed by atoms with E-state index >= 15 is 0 Å². The number of carboxylic acid groups (broad SMARTS) is 1. The number of benzene rings is 1. The highest BCUT2D eigenvalue weighted by Crippen LogP contribution is 2.16. The molecule has 0 unspecified atom stereocenters. The summed E-state index contributed by atoms with van der Waals surface area (Å²) in [4.78, 5) is 29.1. The number of imidazole rings is 1. The summed E-state index contributed by atoms with van der Waals surface area (Å²) in [7, 11) is 0. The molecule has 1 saturated heterocycles. The minimum absolute atomic E-state index is 0.177. The Bertz CT molecular complexity index is 687. The zero-order valence-corrected chi connectivity index (χ0v) is 11.7. The van der Waals surface area contributed by atoms with Gasteiger partial charge in [0.25, 0.3) is 0 Å². The van der Waals surface area contributed by atoms with Gasteiger partial charge in [-0.1, -0.05) is 0 Å². The zero-order chi connectivity index (χ0) is 14.8. The van der Waals surface area contributed by atoms with E-state index in [4.69, 9.17) is 5.11 Å². The maximum absolute atomic E-state index is 12.0. The summed E-state index contributed by atoms with van der Waals surface area (Å²) in [5, 5.41) is 8.96. The van der Waals surface area contributed by atoms with E-state index in [2.05, 4.69) is 4.98 Å². The van der Waals surface area contributed by atoms with Crippen molar-refractivity contribution in [2.24, 2.45) is 0 Å². The first-order valence-electron chi connectivity index (χ1n) is 7.11. The van der Waals surface area contributed by atoms with Gasteiger partial charge in [-0.05, 0) is 31.0 Å². The number of carboxylic acids is 1. The lowest BCUT2D eigenvalue weighted by Gasteiger charge is -2.15. The molecule has 2 aromatic rings. The van der Waals surface area contributed by atoms with Crippen LogP contribution in [-0.2, 0) is 11.3 Å². The van der Waals surface area contributed by atoms with Crippen molar-refractivity contribution in [3.8, 4) is 0 Å². The molecule has 110 valence electrons. The number of carbonyl (C=O) groups excluding carboxylic acids is 1. The van der Waals surface area contributed by atoms with Gasteiger partial charge in [0.2, 0.25) is 5.91 Å². The maximum atomic E-state index is 12.0. The number of aromatic nitrogens is 2. The molecule has 0 saturated carbocycles. The van der Waals surface area contributed by atoms with Crippen LogP contribution in [0.5, 0.6) is 0 Å². The molecule has 6 heteroatoms. The Labute approximate surface area is 122 Å². The topological polar surface area (TPSA) is 75.4 Å². The average Bonchev–Trinajstić information content (AvgIpc) is 3.13. The molecule has 1 N–H and O–H groups in total. The number of hydrogen-bond donors (Lipinski definition) is 1. The van der Waals surface area contributed by atoms with Gasteiger partial charge in [0.05, 0.1) is 22.9 Å². The number of aryl methyl sites for hydroxylation is 1. The Morgan fingerprint density at radius 2 is 2.00 bits per heavy atom. The number of fused-ring (bicyclic) bond motifs is 1. The predicted octanol–water partition coefficient (Wildman–Crippen LogP) is 1.75. The lowest BCUT2D eigenvalue weighted by atomic mass is 10.2. The third-order valence-electron chi connectivity index (χ3n) is 3.89. The second-order valence-electron chi connectivity index (χ2n) is 5.28. The molecule has 1 aromatic heterocycles. The second-order valence-corrected chi connectivity index (χ2v) is 5.28. The number of hydrogen-bond acceptors (Lipinski definition) is 3. The van der Waals surface area contributed by atoms with E-state index in [1.165, 1.54) is 0 Å². The van der Waals surface area contributed by atoms with Gasteiger partial charge < -0.3 is 14.6 Å². The summed E-state index contributed by atoms with van der Waals surface area (Å²) >= 11 is 0. The van der Waals surface area contributed by atoms with E-state index in [-0.39, 0.29) is 11.5 Å². The predicted molar refractivity (Wildman–Crippen MR) is 77.1 cm³/mol. The van der Waals surface area contributed by atoms with Crippen LogP contribution in [0.1, 0.15) is 29.6 Å². The minimum Gasteiger partial charge on any atom is -0.478 e. The molecule has 1 aliphatic heterocycles. The van der Waals surface area contributed by atoms with Crippen molar-refractivity contribution in [3.05, 3.63) is 30.1 Å². The second kappa shape index (κ2) is 5.55. The molecule has 3 rings (SSSR count). The first-order valence-corrected chi connectivity index (χ1v) is 7.11. The third kappa shape index (κ3) is 2.74. The summed E-state index contributed by atoms with van der Waals surface area (Å²) in [6, 6.07) is 4.85. The van der Waals surface area contributed by atoms with Crippen molar-refractivity contribution in [2.75, 3.05) is 13.1 Å². The summed E-state index contributed by atoms with van der Waals surface area (Å²) in [5.74, 6) is -0.785. The zero-order valence-electron chi connectivity index (χ0n) is 11.7. The molecule has 1 amide bonds. The summed E-state index contributed by atoms with van der Waals surface area (Å²) < 4.78 is 1.90. The van der Waals surface area contributed by atoms with Crippen LogP contribution in [0.2, 0.25) is 0 Å². The normalized spacial score (nSPS) is 14.8. The van der Waals surface area contributed by atoms with Crippen LogP contribution in [0.15, 0.2) is 24.5 Å². The molecular formula is C15H17N3O3. The molecule has 0 bridgehead atoms. The van der Waals surface area contributed by atoms with Gasteiger partial charge in [-0.2, -0.15) is 0 Å². The number of aromatic carboxylic acids is 1. The molecule has 1 fully saturated rings. The lowest BCUT2D eigenvalue weighted by Crippen LogP contribution is -2.28. The van der Waals surface area contributed by atoms with Crippen LogP contribution in [0.25, 0.3) is 11.0 Å². The van der Waals surface area contributed by atoms with E-state index < -0.39 is 5.97 Å². The van der Waals surface area contributed by atoms with Gasteiger partial charge in [-0.15, -0.1) is 0 Å². The van der Waals surface area contributed by atoms with Gasteiger partial charge in [0.15, 0.2) is 0 Å². The molecule has 0 aliphatic carbocycles. The van der Waals surface area contributed by atoms with Crippen LogP contribution in [0, 0.1) is 0 Å². The highest BCUT2D eigenvalue weighted by molar-refractivity contribution is 5.92. The van der Waals surface area contributed by atoms with Crippen molar-refractivity contribution >= 4 is 22.9 Å². The third-order valence-corrected chi connectivity index (χ3v) is 3.89. The Morgan fingerprint density at radius 1 is 1.24 bits per heavy atom. The molecule has 0 spiro atoms. The largest absolute Gasteiger partial charge is 0.478 e. The number of carbonyl (C=O) groups is 2. The number of rotatable bonds is 4. The molecule has 1 aromatic carbocycles. The molecule has 21 heavy (non-hydrogen) atoms. The van der Waals surface area contributed by atoms with Crippen molar-refractivity contribution in [3.63, 3.8) is 0 Å². The number of likely N-dealkylation sites (tertiary alicyclic amines) is 1. The van der Waals surface area contributed by atoms with Gasteiger partial charge in [0, 0.05) is 26.1 Å². The SMILES string of the molecule is O=C(O)c1ccc2c(c1)ncn2CCC(=O)N1CCCC1. The van der Waals surface area contributed by atoms with Crippen LogP contribution >= 0.6 is 0 Å². The Hall–Kier alpha value is -2.37. The summed E-state index contributed by atoms with van der Waals surface area (Å²) in [6.45, 7) is 2.30. The van der Waals surface area contributed by atoms with Gasteiger partial charge in [0.1, 0.15) is 0 Å². The van der Waals surface area contributed by atoms with Crippen molar-refractivity contribution < 1.29 is 14.7 Å². The Kier molecular flexibility index (Phi) is 3.60. The first kappa shape index (κ1) is 13.6. The molecule has 2 heterocycles. The van der Waals surface area contributed by atoms with E-state index in [0.717, 1.165) is 31.4 Å². The highest BCUT2D eigenvalue weighted by atomic mass is 16.4. The smallest absolute Gasteiger partial charge is 0.335 e. The standard InChI is InChI=1S/C15H17N3O3/c19-14(17-6-1-2-7-17)5-8-18-10-16-12-9-11(15(20)21)3-4-13(12)18/h3-4,9-10H,1-2,5-8H2,(H,20,21). The van der Waals surface area contributed by atoms with Gasteiger partial charge in [-0.3, -0.25) is 4.79 Å². The van der Waals surface area contributed by atoms with Crippen LogP contribution < -0.4 is 0 Å². The summed E-state index contributed by atoms with van der Waals surface area (Å²) in [6.07, 6.45) is 4.30. The van der Waals surface area contributed by atoms with Crippen LogP contribution in [0.3, 0.4) is 0 Å². The molecular weight excluding hydrogens is 270 g/mol. The van der Waals surface area contributed by atoms with Crippen LogP contribution in [-0.4, -0.2) is 44.5 Å². The van der Waals surface area contributed by atoms with Crippen molar-refractivity contribution in [1.29, 1.82) is 0 Å². The van der Waals surface area contributed by atoms with Gasteiger partial charge >= 0.3 is 5.97 Å². The van der Waals surface area contributed by atoms with E-state index in [0.29, 0.717) is 18.5 Å². The number of nitrogens with zero attached hydrogens (tertiary/aromatic N) is 3. The summed E-state index contributed by atoms with van der Waals surface area (Å²) in [5.41, 5.74) is 1.72. The molecule has 6 nitrogen and oxygen atoms in total. The van der Waals surface area contributed by atoms with E-state index in [9.17, 15) is 9.59 Å².